The fraction of sp³-hybridized carbons (Fsp3) is 0.227. The Morgan fingerprint density at radius 3 is 2.71 bits per heavy atom. The number of aryl methyl sites for hydroxylation is 1. The monoisotopic (exact) mass is 392 g/mol. The lowest BCUT2D eigenvalue weighted by molar-refractivity contribution is -0.147. The summed E-state index contributed by atoms with van der Waals surface area (Å²) in [6, 6.07) is 17.7. The van der Waals surface area contributed by atoms with Crippen molar-refractivity contribution < 1.29 is 14.3 Å². The number of fused-ring (bicyclic) bond motifs is 1. The van der Waals surface area contributed by atoms with Crippen LogP contribution in [0.1, 0.15) is 17.7 Å². The number of nitrogens with zero attached hydrogens (tertiary/aromatic N) is 2. The molecule has 1 aliphatic heterocycles. The molecule has 0 atom stereocenters. The van der Waals surface area contributed by atoms with Crippen molar-refractivity contribution >= 4 is 28.9 Å². The van der Waals surface area contributed by atoms with Gasteiger partial charge >= 0.3 is 5.97 Å². The maximum atomic E-state index is 12.5. The molecule has 0 saturated carbocycles. The first-order valence-corrected chi connectivity index (χ1v) is 10.1. The van der Waals surface area contributed by atoms with Crippen molar-refractivity contribution in [1.29, 1.82) is 0 Å². The van der Waals surface area contributed by atoms with E-state index in [9.17, 15) is 9.59 Å². The number of anilines is 1. The first-order chi connectivity index (χ1) is 13.7. The van der Waals surface area contributed by atoms with E-state index in [0.29, 0.717) is 12.2 Å². The second-order valence-electron chi connectivity index (χ2n) is 6.63. The highest BCUT2D eigenvalue weighted by Gasteiger charge is 2.23. The van der Waals surface area contributed by atoms with Crippen LogP contribution in [0.4, 0.5) is 5.69 Å². The average Bonchev–Trinajstić information content (AvgIpc) is 3.20. The first kappa shape index (κ1) is 18.4. The zero-order valence-corrected chi connectivity index (χ0v) is 16.2. The minimum atomic E-state index is -0.441. The van der Waals surface area contributed by atoms with Crippen LogP contribution in [0.3, 0.4) is 0 Å². The van der Waals surface area contributed by atoms with Crippen molar-refractivity contribution in [3.05, 3.63) is 71.2 Å². The molecule has 28 heavy (non-hydrogen) atoms. The molecule has 0 aliphatic carbocycles. The summed E-state index contributed by atoms with van der Waals surface area (Å²) in [4.78, 5) is 30.9. The number of esters is 1. The van der Waals surface area contributed by atoms with Gasteiger partial charge in [0.1, 0.15) is 5.01 Å². The van der Waals surface area contributed by atoms with Crippen molar-refractivity contribution in [3.8, 4) is 10.6 Å². The zero-order chi connectivity index (χ0) is 19.3. The highest BCUT2D eigenvalue weighted by molar-refractivity contribution is 7.13. The zero-order valence-electron chi connectivity index (χ0n) is 15.3. The fourth-order valence-corrected chi connectivity index (χ4v) is 4.14. The molecule has 1 amide bonds. The molecule has 0 fully saturated rings. The number of carbonyl (C=O) groups excluding carboxylic acids is 2. The minimum absolute atomic E-state index is 0.0627. The van der Waals surface area contributed by atoms with Crippen LogP contribution < -0.4 is 4.90 Å². The van der Waals surface area contributed by atoms with Crippen molar-refractivity contribution in [2.24, 2.45) is 0 Å². The Labute approximate surface area is 167 Å². The van der Waals surface area contributed by atoms with Crippen molar-refractivity contribution in [3.63, 3.8) is 0 Å². The van der Waals surface area contributed by atoms with E-state index in [2.05, 4.69) is 4.98 Å². The van der Waals surface area contributed by atoms with Crippen LogP contribution in [0, 0.1) is 0 Å². The molecule has 4 rings (SSSR count). The molecule has 6 heteroatoms. The van der Waals surface area contributed by atoms with Gasteiger partial charge in [0.15, 0.2) is 6.61 Å². The summed E-state index contributed by atoms with van der Waals surface area (Å²) in [5.74, 6) is -0.632. The van der Waals surface area contributed by atoms with Crippen LogP contribution in [0.2, 0.25) is 0 Å². The van der Waals surface area contributed by atoms with Gasteiger partial charge in [-0.1, -0.05) is 48.5 Å². The van der Waals surface area contributed by atoms with E-state index in [1.807, 2.05) is 60.0 Å². The molecule has 0 saturated heterocycles. The summed E-state index contributed by atoms with van der Waals surface area (Å²) in [7, 11) is 0. The number of carbonyl (C=O) groups is 2. The number of amides is 1. The molecule has 0 radical (unpaired) electrons. The number of ether oxygens (including phenoxy) is 1. The van der Waals surface area contributed by atoms with Gasteiger partial charge in [-0.2, -0.15) is 0 Å². The topological polar surface area (TPSA) is 59.5 Å². The number of hydrogen-bond acceptors (Lipinski definition) is 5. The van der Waals surface area contributed by atoms with E-state index in [4.69, 9.17) is 4.74 Å². The van der Waals surface area contributed by atoms with Crippen molar-refractivity contribution in [2.75, 3.05) is 18.1 Å². The average molecular weight is 392 g/mol. The number of rotatable bonds is 5. The summed E-state index contributed by atoms with van der Waals surface area (Å²) in [6.07, 6.45) is 1.94. The number of hydrogen-bond donors (Lipinski definition) is 0. The van der Waals surface area contributed by atoms with Gasteiger partial charge in [0.25, 0.3) is 5.91 Å². The second kappa shape index (κ2) is 8.35. The molecule has 3 aromatic rings. The van der Waals surface area contributed by atoms with Gasteiger partial charge in [0.05, 0.1) is 12.1 Å². The van der Waals surface area contributed by atoms with Gasteiger partial charge in [0.2, 0.25) is 0 Å². The molecule has 0 unspecified atom stereocenters. The van der Waals surface area contributed by atoms with Gasteiger partial charge in [-0.3, -0.25) is 9.59 Å². The Balaban J connectivity index is 1.33. The molecular weight excluding hydrogens is 372 g/mol. The van der Waals surface area contributed by atoms with Gasteiger partial charge < -0.3 is 9.64 Å². The minimum Gasteiger partial charge on any atom is -0.455 e. The fourth-order valence-electron chi connectivity index (χ4n) is 3.31. The van der Waals surface area contributed by atoms with Crippen LogP contribution in [0.15, 0.2) is 60.0 Å². The van der Waals surface area contributed by atoms with Crippen LogP contribution in [-0.4, -0.2) is 30.0 Å². The molecule has 2 heterocycles. The summed E-state index contributed by atoms with van der Waals surface area (Å²) >= 11 is 1.49. The van der Waals surface area contributed by atoms with Gasteiger partial charge in [-0.05, 0) is 24.5 Å². The number of benzene rings is 2. The van der Waals surface area contributed by atoms with Crippen LogP contribution in [0.5, 0.6) is 0 Å². The Hall–Kier alpha value is -2.99. The van der Waals surface area contributed by atoms with E-state index < -0.39 is 5.97 Å². The SMILES string of the molecule is O=C(Cc1csc(-c2ccccc2)n1)OCC(=O)N1CCCc2ccccc21. The lowest BCUT2D eigenvalue weighted by Gasteiger charge is -2.29. The largest absolute Gasteiger partial charge is 0.455 e. The smallest absolute Gasteiger partial charge is 0.312 e. The molecule has 1 aromatic heterocycles. The van der Waals surface area contributed by atoms with E-state index in [-0.39, 0.29) is 18.9 Å². The predicted molar refractivity (Wildman–Crippen MR) is 109 cm³/mol. The molecule has 1 aliphatic rings. The normalized spacial score (nSPS) is 13.1. The second-order valence-corrected chi connectivity index (χ2v) is 7.48. The Morgan fingerprint density at radius 2 is 1.86 bits per heavy atom. The maximum Gasteiger partial charge on any atom is 0.312 e. The predicted octanol–water partition coefficient (Wildman–Crippen LogP) is 3.88. The Bertz CT molecular complexity index is 984. The van der Waals surface area contributed by atoms with Crippen LogP contribution >= 0.6 is 11.3 Å². The van der Waals surface area contributed by atoms with E-state index in [1.54, 1.807) is 4.90 Å². The third-order valence-electron chi connectivity index (χ3n) is 4.67. The third kappa shape index (κ3) is 4.12. The number of para-hydroxylation sites is 1. The highest BCUT2D eigenvalue weighted by Crippen LogP contribution is 2.27. The summed E-state index contributed by atoms with van der Waals surface area (Å²) in [5.41, 5.74) is 3.75. The Kier molecular flexibility index (Phi) is 5.48. The molecule has 0 N–H and O–H groups in total. The summed E-state index contributed by atoms with van der Waals surface area (Å²) in [5, 5.41) is 2.72. The first-order valence-electron chi connectivity index (χ1n) is 9.24. The van der Waals surface area contributed by atoms with E-state index in [0.717, 1.165) is 34.7 Å². The van der Waals surface area contributed by atoms with Gasteiger partial charge in [-0.25, -0.2) is 4.98 Å². The van der Waals surface area contributed by atoms with Crippen LogP contribution in [-0.2, 0) is 27.2 Å². The van der Waals surface area contributed by atoms with E-state index in [1.165, 1.54) is 11.3 Å². The van der Waals surface area contributed by atoms with Crippen LogP contribution in [0.25, 0.3) is 10.6 Å². The van der Waals surface area contributed by atoms with Gasteiger partial charge in [0, 0.05) is 23.2 Å². The molecule has 5 nitrogen and oxygen atoms in total. The molecule has 142 valence electrons. The Morgan fingerprint density at radius 1 is 1.07 bits per heavy atom. The lowest BCUT2D eigenvalue weighted by Crippen LogP contribution is -2.38. The van der Waals surface area contributed by atoms with Crippen molar-refractivity contribution in [2.45, 2.75) is 19.3 Å². The van der Waals surface area contributed by atoms with E-state index >= 15 is 0 Å². The summed E-state index contributed by atoms with van der Waals surface area (Å²) < 4.78 is 5.23. The quantitative estimate of drug-likeness (QED) is 0.619. The molecule has 2 aromatic carbocycles. The van der Waals surface area contributed by atoms with Crippen molar-refractivity contribution in [1.82, 2.24) is 4.98 Å². The molecular formula is C22H20N2O3S. The highest BCUT2D eigenvalue weighted by atomic mass is 32.1. The lowest BCUT2D eigenvalue weighted by atomic mass is 10.0. The van der Waals surface area contributed by atoms with Gasteiger partial charge in [-0.15, -0.1) is 11.3 Å². The standard InChI is InChI=1S/C22H20N2O3S/c25-20(24-12-6-10-16-7-4-5-11-19(16)24)14-27-21(26)13-18-15-28-22(23-18)17-8-2-1-3-9-17/h1-5,7-9,11,15H,6,10,12-14H2. The summed E-state index contributed by atoms with van der Waals surface area (Å²) in [6.45, 7) is 0.406. The molecule has 0 spiro atoms. The molecule has 0 bridgehead atoms. The maximum absolute atomic E-state index is 12.5. The number of thiazole rings is 1. The third-order valence-corrected chi connectivity index (χ3v) is 5.61. The number of aromatic nitrogens is 1.